The van der Waals surface area contributed by atoms with Gasteiger partial charge in [-0.05, 0) is 50.6 Å². The summed E-state index contributed by atoms with van der Waals surface area (Å²) in [6.07, 6.45) is 0. The number of ether oxygens (including phenoxy) is 1. The Morgan fingerprint density at radius 2 is 1.96 bits per heavy atom. The lowest BCUT2D eigenvalue weighted by molar-refractivity contribution is 0.0527. The van der Waals surface area contributed by atoms with Crippen molar-refractivity contribution in [1.29, 1.82) is 0 Å². The standard InChI is InChI=1S/C17H18FN3O3S/c1-4-24-17(23)13-9(2)14(25-15(13)19)10(3)20-21-16(22)11-5-7-12(18)8-6-11/h5-8H,4,19H2,1-3H3,(H,21,22)/b20-10+. The molecular formula is C17H18FN3O3S. The number of nitrogens with zero attached hydrogens (tertiary/aromatic N) is 1. The van der Waals surface area contributed by atoms with Gasteiger partial charge in [0.2, 0.25) is 0 Å². The van der Waals surface area contributed by atoms with Crippen LogP contribution < -0.4 is 11.2 Å². The second kappa shape index (κ2) is 7.89. The zero-order valence-corrected chi connectivity index (χ0v) is 14.9. The van der Waals surface area contributed by atoms with Gasteiger partial charge in [0.15, 0.2) is 0 Å². The largest absolute Gasteiger partial charge is 0.462 e. The number of hydrogen-bond acceptors (Lipinski definition) is 6. The molecule has 2 aromatic rings. The Labute approximate surface area is 148 Å². The molecule has 0 spiro atoms. The Balaban J connectivity index is 2.19. The minimum Gasteiger partial charge on any atom is -0.462 e. The minimum atomic E-state index is -0.483. The lowest BCUT2D eigenvalue weighted by Crippen LogP contribution is -2.19. The topological polar surface area (TPSA) is 93.8 Å². The van der Waals surface area contributed by atoms with Crippen molar-refractivity contribution in [2.24, 2.45) is 5.10 Å². The van der Waals surface area contributed by atoms with Crippen LogP contribution >= 0.6 is 11.3 Å². The number of carbonyl (C=O) groups excluding carboxylic acids is 2. The highest BCUT2D eigenvalue weighted by Crippen LogP contribution is 2.31. The van der Waals surface area contributed by atoms with E-state index >= 15 is 0 Å². The molecule has 0 saturated carbocycles. The lowest BCUT2D eigenvalue weighted by Gasteiger charge is -2.04. The van der Waals surface area contributed by atoms with E-state index in [0.29, 0.717) is 26.7 Å². The van der Waals surface area contributed by atoms with Crippen molar-refractivity contribution >= 4 is 33.9 Å². The summed E-state index contributed by atoms with van der Waals surface area (Å²) in [5.74, 6) is -1.37. The SMILES string of the molecule is CCOC(=O)c1c(N)sc(/C(C)=N/NC(=O)c2ccc(F)cc2)c1C. The van der Waals surface area contributed by atoms with Gasteiger partial charge < -0.3 is 10.5 Å². The molecule has 6 nitrogen and oxygen atoms in total. The summed E-state index contributed by atoms with van der Waals surface area (Å²) in [4.78, 5) is 24.7. The number of thiophene rings is 1. The van der Waals surface area contributed by atoms with Crippen LogP contribution in [0, 0.1) is 12.7 Å². The molecule has 0 aliphatic carbocycles. The number of nitrogens with one attached hydrogen (secondary N) is 1. The fourth-order valence-electron chi connectivity index (χ4n) is 2.19. The first-order chi connectivity index (χ1) is 11.8. The molecule has 0 fully saturated rings. The summed E-state index contributed by atoms with van der Waals surface area (Å²) in [6, 6.07) is 5.12. The molecule has 0 aliphatic rings. The van der Waals surface area contributed by atoms with E-state index in [1.165, 1.54) is 35.6 Å². The Bertz CT molecular complexity index is 828. The lowest BCUT2D eigenvalue weighted by atomic mass is 10.1. The normalized spacial score (nSPS) is 11.3. The van der Waals surface area contributed by atoms with Gasteiger partial charge in [-0.3, -0.25) is 4.79 Å². The number of amides is 1. The maximum atomic E-state index is 12.9. The quantitative estimate of drug-likeness (QED) is 0.485. The number of nitrogens with two attached hydrogens (primary N) is 1. The molecule has 25 heavy (non-hydrogen) atoms. The Hall–Kier alpha value is -2.74. The van der Waals surface area contributed by atoms with Gasteiger partial charge in [-0.1, -0.05) is 0 Å². The number of nitrogen functional groups attached to an aromatic ring is 1. The molecule has 0 aliphatic heterocycles. The number of hydrogen-bond donors (Lipinski definition) is 2. The van der Waals surface area contributed by atoms with E-state index in [-0.39, 0.29) is 12.2 Å². The van der Waals surface area contributed by atoms with Gasteiger partial charge in [-0.25, -0.2) is 14.6 Å². The van der Waals surface area contributed by atoms with Gasteiger partial charge >= 0.3 is 5.97 Å². The zero-order chi connectivity index (χ0) is 18.6. The third-order valence-electron chi connectivity index (χ3n) is 3.41. The molecule has 0 radical (unpaired) electrons. The molecule has 0 atom stereocenters. The second-order valence-electron chi connectivity index (χ2n) is 5.16. The molecule has 1 heterocycles. The van der Waals surface area contributed by atoms with Crippen molar-refractivity contribution in [3.8, 4) is 0 Å². The number of anilines is 1. The van der Waals surface area contributed by atoms with Crippen molar-refractivity contribution < 1.29 is 18.7 Å². The Morgan fingerprint density at radius 3 is 2.56 bits per heavy atom. The van der Waals surface area contributed by atoms with Crippen LogP contribution in [0.2, 0.25) is 0 Å². The van der Waals surface area contributed by atoms with Gasteiger partial charge in [0.1, 0.15) is 10.8 Å². The summed E-state index contributed by atoms with van der Waals surface area (Å²) in [7, 11) is 0. The molecule has 0 bridgehead atoms. The molecule has 132 valence electrons. The third kappa shape index (κ3) is 4.21. The Morgan fingerprint density at radius 1 is 1.32 bits per heavy atom. The van der Waals surface area contributed by atoms with E-state index < -0.39 is 17.7 Å². The number of esters is 1. The van der Waals surface area contributed by atoms with E-state index in [2.05, 4.69) is 10.5 Å². The molecular weight excluding hydrogens is 345 g/mol. The fraction of sp³-hybridized carbons (Fsp3) is 0.235. The summed E-state index contributed by atoms with van der Waals surface area (Å²) < 4.78 is 17.9. The Kier molecular flexibility index (Phi) is 5.87. The fourth-order valence-corrected chi connectivity index (χ4v) is 3.20. The smallest absolute Gasteiger partial charge is 0.341 e. The van der Waals surface area contributed by atoms with Gasteiger partial charge in [0.25, 0.3) is 5.91 Å². The molecule has 1 aromatic heterocycles. The maximum absolute atomic E-state index is 12.9. The van der Waals surface area contributed by atoms with Crippen LogP contribution in [0.1, 0.15) is 45.0 Å². The van der Waals surface area contributed by atoms with Crippen molar-refractivity contribution in [1.82, 2.24) is 5.43 Å². The maximum Gasteiger partial charge on any atom is 0.341 e. The number of halogens is 1. The van der Waals surface area contributed by atoms with Crippen molar-refractivity contribution in [2.45, 2.75) is 20.8 Å². The monoisotopic (exact) mass is 363 g/mol. The predicted molar refractivity (Wildman–Crippen MR) is 95.5 cm³/mol. The minimum absolute atomic E-state index is 0.254. The highest BCUT2D eigenvalue weighted by atomic mass is 32.1. The summed E-state index contributed by atoms with van der Waals surface area (Å²) in [5.41, 5.74) is 10.1. The van der Waals surface area contributed by atoms with Gasteiger partial charge in [0, 0.05) is 5.56 Å². The van der Waals surface area contributed by atoms with Crippen LogP contribution in [0.25, 0.3) is 0 Å². The molecule has 1 aromatic carbocycles. The molecule has 0 unspecified atom stereocenters. The van der Waals surface area contributed by atoms with E-state index in [1.807, 2.05) is 0 Å². The number of rotatable bonds is 5. The van der Waals surface area contributed by atoms with Crippen LogP contribution in [0.5, 0.6) is 0 Å². The number of carbonyl (C=O) groups is 2. The average Bonchev–Trinajstić information content (AvgIpc) is 2.88. The second-order valence-corrected chi connectivity index (χ2v) is 6.21. The molecule has 0 saturated heterocycles. The van der Waals surface area contributed by atoms with E-state index in [9.17, 15) is 14.0 Å². The van der Waals surface area contributed by atoms with Crippen molar-refractivity contribution in [2.75, 3.05) is 12.3 Å². The average molecular weight is 363 g/mol. The molecule has 3 N–H and O–H groups in total. The van der Waals surface area contributed by atoms with Crippen molar-refractivity contribution in [3.63, 3.8) is 0 Å². The van der Waals surface area contributed by atoms with E-state index in [1.54, 1.807) is 20.8 Å². The molecule has 1 amide bonds. The molecule has 2 rings (SSSR count). The first-order valence-corrected chi connectivity index (χ1v) is 8.33. The van der Waals surface area contributed by atoms with Crippen LogP contribution in [0.4, 0.5) is 9.39 Å². The number of hydrazone groups is 1. The summed E-state index contributed by atoms with van der Waals surface area (Å²) >= 11 is 1.20. The third-order valence-corrected chi connectivity index (χ3v) is 4.64. The van der Waals surface area contributed by atoms with E-state index in [4.69, 9.17) is 10.5 Å². The van der Waals surface area contributed by atoms with Crippen molar-refractivity contribution in [3.05, 3.63) is 51.7 Å². The zero-order valence-electron chi connectivity index (χ0n) is 14.1. The van der Waals surface area contributed by atoms with Crippen LogP contribution in [0.3, 0.4) is 0 Å². The van der Waals surface area contributed by atoms with Gasteiger partial charge in [-0.15, -0.1) is 11.3 Å². The van der Waals surface area contributed by atoms with E-state index in [0.717, 1.165) is 0 Å². The molecule has 8 heteroatoms. The summed E-state index contributed by atoms with van der Waals surface area (Å²) in [6.45, 7) is 5.41. The van der Waals surface area contributed by atoms with Gasteiger partial charge in [0.05, 0.1) is 22.8 Å². The summed E-state index contributed by atoms with van der Waals surface area (Å²) in [5, 5.41) is 4.38. The van der Waals surface area contributed by atoms with Crippen LogP contribution in [-0.2, 0) is 4.74 Å². The first kappa shape index (κ1) is 18.6. The van der Waals surface area contributed by atoms with Crippen LogP contribution in [0.15, 0.2) is 29.4 Å². The highest BCUT2D eigenvalue weighted by Gasteiger charge is 2.21. The number of benzene rings is 1. The highest BCUT2D eigenvalue weighted by molar-refractivity contribution is 7.18. The first-order valence-electron chi connectivity index (χ1n) is 7.51. The predicted octanol–water partition coefficient (Wildman–Crippen LogP) is 3.11. The van der Waals surface area contributed by atoms with Crippen LogP contribution in [-0.4, -0.2) is 24.2 Å². The van der Waals surface area contributed by atoms with Gasteiger partial charge in [-0.2, -0.15) is 5.10 Å².